The van der Waals surface area contributed by atoms with Gasteiger partial charge in [0.15, 0.2) is 0 Å². The second-order valence-electron chi connectivity index (χ2n) is 6.00. The van der Waals surface area contributed by atoms with Crippen molar-refractivity contribution in [1.29, 1.82) is 0 Å². The fourth-order valence-corrected chi connectivity index (χ4v) is 3.81. The molecule has 1 fully saturated rings. The van der Waals surface area contributed by atoms with Gasteiger partial charge in [-0.2, -0.15) is 4.31 Å². The van der Waals surface area contributed by atoms with Gasteiger partial charge in [-0.25, -0.2) is 8.42 Å². The average Bonchev–Trinajstić information content (AvgIpc) is 2.55. The highest BCUT2D eigenvalue weighted by molar-refractivity contribution is 7.89. The summed E-state index contributed by atoms with van der Waals surface area (Å²) in [7, 11) is 1.18. The number of likely N-dealkylation sites (N-methyl/N-ethyl adjacent to an activating group) is 1. The van der Waals surface area contributed by atoms with E-state index in [1.165, 1.54) is 21.3 Å². The summed E-state index contributed by atoms with van der Waals surface area (Å²) >= 11 is 0. The van der Waals surface area contributed by atoms with Crippen LogP contribution in [0.2, 0.25) is 0 Å². The Kier molecular flexibility index (Phi) is 5.78. The maximum Gasteiger partial charge on any atom is 0.253 e. The Labute approximate surface area is 138 Å². The maximum absolute atomic E-state index is 12.7. The van der Waals surface area contributed by atoms with Gasteiger partial charge in [-0.15, -0.1) is 0 Å². The zero-order valence-corrected chi connectivity index (χ0v) is 14.7. The number of rotatable bonds is 5. The van der Waals surface area contributed by atoms with E-state index < -0.39 is 10.0 Å². The number of nitrogens with zero attached hydrogens (tertiary/aromatic N) is 2. The van der Waals surface area contributed by atoms with Crippen molar-refractivity contribution in [3.63, 3.8) is 0 Å². The van der Waals surface area contributed by atoms with Crippen LogP contribution in [0.25, 0.3) is 0 Å². The first-order valence-electron chi connectivity index (χ1n) is 7.72. The summed E-state index contributed by atoms with van der Waals surface area (Å²) in [5.41, 5.74) is 0.360. The second-order valence-corrected chi connectivity index (χ2v) is 8.05. The number of amides is 1. The number of sulfonamides is 1. The lowest BCUT2D eigenvalue weighted by Crippen LogP contribution is -2.37. The van der Waals surface area contributed by atoms with Gasteiger partial charge in [-0.05, 0) is 37.5 Å². The van der Waals surface area contributed by atoms with Crippen LogP contribution in [-0.4, -0.2) is 63.9 Å². The van der Waals surface area contributed by atoms with E-state index in [4.69, 9.17) is 4.74 Å². The van der Waals surface area contributed by atoms with Gasteiger partial charge < -0.3 is 9.64 Å². The normalized spacial score (nSPS) is 18.9. The first-order valence-corrected chi connectivity index (χ1v) is 9.16. The molecule has 23 heavy (non-hydrogen) atoms. The van der Waals surface area contributed by atoms with Crippen molar-refractivity contribution in [2.45, 2.75) is 30.3 Å². The summed E-state index contributed by atoms with van der Waals surface area (Å²) in [4.78, 5) is 13.6. The lowest BCUT2D eigenvalue weighted by molar-refractivity contribution is 0.00858. The molecule has 1 aromatic carbocycles. The molecule has 0 spiro atoms. The molecule has 2 rings (SSSR count). The predicted molar refractivity (Wildman–Crippen MR) is 87.9 cm³/mol. The monoisotopic (exact) mass is 340 g/mol. The minimum absolute atomic E-state index is 0.0601. The molecule has 0 aromatic heterocycles. The molecule has 1 aliphatic rings. The highest BCUT2D eigenvalue weighted by atomic mass is 32.2. The van der Waals surface area contributed by atoms with E-state index in [1.54, 1.807) is 33.3 Å². The number of hydrogen-bond acceptors (Lipinski definition) is 4. The van der Waals surface area contributed by atoms with E-state index in [0.29, 0.717) is 18.7 Å². The third-order valence-electron chi connectivity index (χ3n) is 3.93. The lowest BCUT2D eigenvalue weighted by Gasteiger charge is -2.27. The number of carbonyl (C=O) groups excluding carboxylic acids is 1. The van der Waals surface area contributed by atoms with Crippen molar-refractivity contribution >= 4 is 15.9 Å². The smallest absolute Gasteiger partial charge is 0.253 e. The molecule has 1 atom stereocenters. The molecule has 0 bridgehead atoms. The van der Waals surface area contributed by atoms with E-state index in [9.17, 15) is 13.2 Å². The van der Waals surface area contributed by atoms with Gasteiger partial charge in [0.1, 0.15) is 0 Å². The van der Waals surface area contributed by atoms with Gasteiger partial charge in [0.05, 0.1) is 11.0 Å². The Hall–Kier alpha value is -1.44. The molecule has 1 aromatic rings. The Bertz CT molecular complexity index is 652. The quantitative estimate of drug-likeness (QED) is 0.816. The molecule has 0 aliphatic carbocycles. The van der Waals surface area contributed by atoms with Gasteiger partial charge in [0.25, 0.3) is 5.91 Å². The van der Waals surface area contributed by atoms with Gasteiger partial charge >= 0.3 is 0 Å². The molecule has 1 heterocycles. The minimum atomic E-state index is -3.64. The maximum atomic E-state index is 12.7. The SMILES string of the molecule is CN(C)C(=O)c1cccc(S(=O)(=O)N(C)C[C@H]2CCCCO2)c1. The van der Waals surface area contributed by atoms with Crippen LogP contribution in [0.3, 0.4) is 0 Å². The van der Waals surface area contributed by atoms with Crippen molar-refractivity contribution in [1.82, 2.24) is 9.21 Å². The number of ether oxygens (including phenoxy) is 1. The largest absolute Gasteiger partial charge is 0.377 e. The van der Waals surface area contributed by atoms with E-state index in [2.05, 4.69) is 0 Å². The van der Waals surface area contributed by atoms with Crippen molar-refractivity contribution in [3.05, 3.63) is 29.8 Å². The molecule has 0 saturated carbocycles. The third-order valence-corrected chi connectivity index (χ3v) is 5.75. The summed E-state index contributed by atoms with van der Waals surface area (Å²) in [5, 5.41) is 0. The molecule has 6 nitrogen and oxygen atoms in total. The number of benzene rings is 1. The van der Waals surface area contributed by atoms with E-state index in [0.717, 1.165) is 19.3 Å². The van der Waals surface area contributed by atoms with Crippen LogP contribution in [0.15, 0.2) is 29.2 Å². The molecule has 0 N–H and O–H groups in total. The third kappa shape index (κ3) is 4.31. The standard InChI is InChI=1S/C16H24N2O4S/c1-17(2)16(19)13-7-6-9-15(11-13)23(20,21)18(3)12-14-8-4-5-10-22-14/h6-7,9,11,14H,4-5,8,10,12H2,1-3H3/t14-/m1/s1. The van der Waals surface area contributed by atoms with Gasteiger partial charge in [-0.1, -0.05) is 6.07 Å². The Balaban J connectivity index is 2.18. The molecule has 7 heteroatoms. The Morgan fingerprint density at radius 3 is 2.61 bits per heavy atom. The van der Waals surface area contributed by atoms with E-state index in [1.807, 2.05) is 0 Å². The van der Waals surface area contributed by atoms with Crippen LogP contribution in [0.5, 0.6) is 0 Å². The van der Waals surface area contributed by atoms with Crippen molar-refractivity contribution in [2.24, 2.45) is 0 Å². The molecule has 1 saturated heterocycles. The van der Waals surface area contributed by atoms with Gasteiger partial charge in [-0.3, -0.25) is 4.79 Å². The van der Waals surface area contributed by atoms with Crippen LogP contribution < -0.4 is 0 Å². The molecule has 1 amide bonds. The average molecular weight is 340 g/mol. The molecule has 1 aliphatic heterocycles. The Morgan fingerprint density at radius 2 is 2.00 bits per heavy atom. The van der Waals surface area contributed by atoms with Crippen LogP contribution >= 0.6 is 0 Å². The van der Waals surface area contributed by atoms with Crippen molar-refractivity contribution in [2.75, 3.05) is 34.3 Å². The predicted octanol–water partition coefficient (Wildman–Crippen LogP) is 1.58. The summed E-state index contributed by atoms with van der Waals surface area (Å²) in [6.07, 6.45) is 2.90. The molecule has 0 unspecified atom stereocenters. The zero-order chi connectivity index (χ0) is 17.0. The van der Waals surface area contributed by atoms with Crippen molar-refractivity contribution in [3.8, 4) is 0 Å². The van der Waals surface area contributed by atoms with Gasteiger partial charge in [0.2, 0.25) is 10.0 Å². The fourth-order valence-electron chi connectivity index (χ4n) is 2.56. The van der Waals surface area contributed by atoms with E-state index >= 15 is 0 Å². The Morgan fingerprint density at radius 1 is 1.26 bits per heavy atom. The second kappa shape index (κ2) is 7.42. The summed E-state index contributed by atoms with van der Waals surface area (Å²) in [6.45, 7) is 1.01. The highest BCUT2D eigenvalue weighted by Crippen LogP contribution is 2.20. The van der Waals surface area contributed by atoms with Crippen LogP contribution in [0.1, 0.15) is 29.6 Å². The molecular formula is C16H24N2O4S. The lowest BCUT2D eigenvalue weighted by atomic mass is 10.1. The van der Waals surface area contributed by atoms with Crippen LogP contribution in [0.4, 0.5) is 0 Å². The number of carbonyl (C=O) groups is 1. The first kappa shape index (κ1) is 17.9. The molecule has 128 valence electrons. The van der Waals surface area contributed by atoms with Gasteiger partial charge in [0, 0.05) is 39.9 Å². The first-order chi connectivity index (χ1) is 10.8. The van der Waals surface area contributed by atoms with Crippen LogP contribution in [-0.2, 0) is 14.8 Å². The minimum Gasteiger partial charge on any atom is -0.377 e. The van der Waals surface area contributed by atoms with Crippen molar-refractivity contribution < 1.29 is 17.9 Å². The summed E-state index contributed by atoms with van der Waals surface area (Å²) < 4.78 is 32.3. The summed E-state index contributed by atoms with van der Waals surface area (Å²) in [6, 6.07) is 6.15. The molecular weight excluding hydrogens is 316 g/mol. The highest BCUT2D eigenvalue weighted by Gasteiger charge is 2.26. The van der Waals surface area contributed by atoms with E-state index in [-0.39, 0.29) is 16.9 Å². The fraction of sp³-hybridized carbons (Fsp3) is 0.562. The molecule has 0 radical (unpaired) electrons. The van der Waals surface area contributed by atoms with Crippen LogP contribution in [0, 0.1) is 0 Å². The topological polar surface area (TPSA) is 66.9 Å². The number of hydrogen-bond donors (Lipinski definition) is 0. The summed E-state index contributed by atoms with van der Waals surface area (Å²) in [5.74, 6) is -0.222. The zero-order valence-electron chi connectivity index (χ0n) is 13.9.